The highest BCUT2D eigenvalue weighted by Crippen LogP contribution is 2.32. The van der Waals surface area contributed by atoms with Crippen molar-refractivity contribution in [3.63, 3.8) is 0 Å². The van der Waals surface area contributed by atoms with Crippen LogP contribution in [0, 0.1) is 0 Å². The maximum Gasteiger partial charge on any atom is 0.263 e. The van der Waals surface area contributed by atoms with Crippen molar-refractivity contribution in [3.05, 3.63) is 76.3 Å². The van der Waals surface area contributed by atoms with E-state index >= 15 is 0 Å². The molecule has 0 aliphatic carbocycles. The second-order valence-corrected chi connectivity index (χ2v) is 7.24. The minimum Gasteiger partial charge on any atom is -0.271 e. The van der Waals surface area contributed by atoms with Gasteiger partial charge in [0.15, 0.2) is 12.1 Å². The quantitative estimate of drug-likeness (QED) is 0.619. The maximum absolute atomic E-state index is 13.1. The monoisotopic (exact) mass is 402 g/mol. The number of aromatic nitrogens is 2. The molecule has 2 aromatic heterocycles. The van der Waals surface area contributed by atoms with Gasteiger partial charge in [-0.3, -0.25) is 23.8 Å². The molecule has 0 spiro atoms. The van der Waals surface area contributed by atoms with E-state index in [1.807, 2.05) is 19.1 Å². The molecule has 4 heterocycles. The predicted octanol–water partition coefficient (Wildman–Crippen LogP) is 1.75. The number of hydrogen-bond acceptors (Lipinski definition) is 7. The van der Waals surface area contributed by atoms with Crippen molar-refractivity contribution in [2.45, 2.75) is 32.0 Å². The van der Waals surface area contributed by atoms with Gasteiger partial charge in [0.2, 0.25) is 0 Å². The SMILES string of the molecule is CCc1ccc(N2C(=O)[C@@H]3N=NN(Cc4cc(=O)n5ccccc5n4)[C@H]3C2=O)cc1. The van der Waals surface area contributed by atoms with E-state index in [2.05, 4.69) is 15.3 Å². The van der Waals surface area contributed by atoms with Crippen LogP contribution in [-0.2, 0) is 22.6 Å². The fourth-order valence-corrected chi connectivity index (χ4v) is 3.84. The van der Waals surface area contributed by atoms with Gasteiger partial charge in [-0.2, -0.15) is 5.11 Å². The van der Waals surface area contributed by atoms with E-state index in [1.165, 1.54) is 20.4 Å². The summed E-state index contributed by atoms with van der Waals surface area (Å²) in [6.07, 6.45) is 2.51. The van der Waals surface area contributed by atoms with E-state index in [1.54, 1.807) is 36.5 Å². The molecule has 3 aromatic rings. The van der Waals surface area contributed by atoms with Crippen molar-refractivity contribution < 1.29 is 9.59 Å². The Morgan fingerprint density at radius 3 is 2.57 bits per heavy atom. The molecule has 1 fully saturated rings. The Kier molecular flexibility index (Phi) is 4.16. The van der Waals surface area contributed by atoms with Gasteiger partial charge in [-0.1, -0.05) is 30.3 Å². The standard InChI is InChI=1S/C21H18N6O3/c1-2-13-6-8-15(9-7-13)27-20(29)18-19(21(27)30)26(24-23-18)12-14-11-17(28)25-10-4-3-5-16(25)22-14/h3-11,18-19H,2,12H2,1H3/t18-,19-/m1/s1. The second-order valence-electron chi connectivity index (χ2n) is 7.24. The van der Waals surface area contributed by atoms with Gasteiger partial charge in [0.1, 0.15) is 5.65 Å². The van der Waals surface area contributed by atoms with Crippen molar-refractivity contribution in [2.75, 3.05) is 4.90 Å². The fraction of sp³-hybridized carbons (Fsp3) is 0.238. The number of benzene rings is 1. The first-order chi connectivity index (χ1) is 14.6. The number of anilines is 1. The van der Waals surface area contributed by atoms with Gasteiger partial charge in [-0.15, -0.1) is 0 Å². The van der Waals surface area contributed by atoms with Crippen molar-refractivity contribution in [3.8, 4) is 0 Å². The zero-order valence-corrected chi connectivity index (χ0v) is 16.2. The van der Waals surface area contributed by atoms with Crippen molar-refractivity contribution in [1.82, 2.24) is 14.4 Å². The number of rotatable bonds is 4. The normalized spacial score (nSPS) is 20.4. The fourth-order valence-electron chi connectivity index (χ4n) is 3.84. The van der Waals surface area contributed by atoms with E-state index in [4.69, 9.17) is 0 Å². The lowest BCUT2D eigenvalue weighted by molar-refractivity contribution is -0.123. The van der Waals surface area contributed by atoms with Gasteiger partial charge in [0.25, 0.3) is 17.4 Å². The van der Waals surface area contributed by atoms with Gasteiger partial charge >= 0.3 is 0 Å². The molecule has 2 aliphatic rings. The highest BCUT2D eigenvalue weighted by atomic mass is 16.2. The molecule has 0 N–H and O–H groups in total. The van der Waals surface area contributed by atoms with Crippen LogP contribution in [0.4, 0.5) is 5.69 Å². The minimum absolute atomic E-state index is 0.104. The summed E-state index contributed by atoms with van der Waals surface area (Å²) in [5.41, 5.74) is 2.37. The van der Waals surface area contributed by atoms with Gasteiger partial charge in [-0.05, 0) is 36.2 Å². The highest BCUT2D eigenvalue weighted by molar-refractivity contribution is 6.25. The highest BCUT2D eigenvalue weighted by Gasteiger charge is 2.54. The Hall–Kier alpha value is -3.88. The van der Waals surface area contributed by atoms with Crippen molar-refractivity contribution in [2.24, 2.45) is 10.3 Å². The number of fused-ring (bicyclic) bond motifs is 2. The van der Waals surface area contributed by atoms with Crippen LogP contribution >= 0.6 is 0 Å². The molecule has 1 aromatic carbocycles. The number of pyridine rings is 1. The summed E-state index contributed by atoms with van der Waals surface area (Å²) in [4.78, 5) is 43.9. The molecular weight excluding hydrogens is 384 g/mol. The molecular formula is C21H18N6O3. The van der Waals surface area contributed by atoms with Crippen LogP contribution in [0.15, 0.2) is 69.9 Å². The molecule has 1 saturated heterocycles. The van der Waals surface area contributed by atoms with Crippen molar-refractivity contribution >= 4 is 23.1 Å². The molecule has 0 saturated carbocycles. The first-order valence-electron chi connectivity index (χ1n) is 9.68. The number of aryl methyl sites for hydroxylation is 1. The third kappa shape index (κ3) is 2.78. The van der Waals surface area contributed by atoms with Crippen LogP contribution in [0.5, 0.6) is 0 Å². The van der Waals surface area contributed by atoms with E-state index < -0.39 is 18.0 Å². The van der Waals surface area contributed by atoms with Crippen LogP contribution in [0.25, 0.3) is 5.65 Å². The third-order valence-electron chi connectivity index (χ3n) is 5.41. The van der Waals surface area contributed by atoms with Gasteiger partial charge in [-0.25, -0.2) is 9.88 Å². The number of nitrogens with zero attached hydrogens (tertiary/aromatic N) is 6. The van der Waals surface area contributed by atoms with E-state index in [0.717, 1.165) is 12.0 Å². The molecule has 0 bridgehead atoms. The van der Waals surface area contributed by atoms with Crippen LogP contribution in [0.2, 0.25) is 0 Å². The Balaban J connectivity index is 1.43. The molecule has 2 amide bonds. The Morgan fingerprint density at radius 2 is 1.80 bits per heavy atom. The summed E-state index contributed by atoms with van der Waals surface area (Å²) >= 11 is 0. The smallest absolute Gasteiger partial charge is 0.263 e. The molecule has 9 heteroatoms. The summed E-state index contributed by atoms with van der Waals surface area (Å²) in [7, 11) is 0. The average molecular weight is 402 g/mol. The summed E-state index contributed by atoms with van der Waals surface area (Å²) in [6, 6.07) is 12.3. The lowest BCUT2D eigenvalue weighted by Gasteiger charge is -2.20. The number of carbonyl (C=O) groups excluding carboxylic acids is 2. The maximum atomic E-state index is 13.1. The molecule has 0 unspecified atom stereocenters. The lowest BCUT2D eigenvalue weighted by atomic mass is 10.1. The average Bonchev–Trinajstić information content (AvgIpc) is 3.28. The molecule has 0 radical (unpaired) electrons. The summed E-state index contributed by atoms with van der Waals surface area (Å²) in [5, 5.41) is 9.49. The lowest BCUT2D eigenvalue weighted by Crippen LogP contribution is -2.39. The van der Waals surface area contributed by atoms with Crippen molar-refractivity contribution in [1.29, 1.82) is 0 Å². The Bertz CT molecular complexity index is 1250. The van der Waals surface area contributed by atoms with Crippen LogP contribution in [0.1, 0.15) is 18.2 Å². The van der Waals surface area contributed by atoms with Gasteiger partial charge < -0.3 is 0 Å². The number of carbonyl (C=O) groups is 2. The summed E-state index contributed by atoms with van der Waals surface area (Å²) in [6.45, 7) is 2.14. The van der Waals surface area contributed by atoms with Crippen LogP contribution < -0.4 is 10.5 Å². The number of hydrogen-bond donors (Lipinski definition) is 0. The minimum atomic E-state index is -0.884. The predicted molar refractivity (Wildman–Crippen MR) is 108 cm³/mol. The first kappa shape index (κ1) is 18.2. The Labute approximate surface area is 171 Å². The van der Waals surface area contributed by atoms with E-state index in [0.29, 0.717) is 17.0 Å². The van der Waals surface area contributed by atoms with E-state index in [9.17, 15) is 14.4 Å². The first-order valence-corrected chi connectivity index (χ1v) is 9.68. The topological polar surface area (TPSA) is 99.7 Å². The molecule has 9 nitrogen and oxygen atoms in total. The van der Waals surface area contributed by atoms with Crippen LogP contribution in [-0.4, -0.2) is 38.3 Å². The van der Waals surface area contributed by atoms with E-state index in [-0.39, 0.29) is 18.0 Å². The second kappa shape index (κ2) is 6.87. The largest absolute Gasteiger partial charge is 0.271 e. The Morgan fingerprint density at radius 1 is 1.00 bits per heavy atom. The third-order valence-corrected chi connectivity index (χ3v) is 5.41. The number of amides is 2. The van der Waals surface area contributed by atoms with Crippen LogP contribution in [0.3, 0.4) is 0 Å². The van der Waals surface area contributed by atoms with Gasteiger partial charge in [0, 0.05) is 12.3 Å². The zero-order chi connectivity index (χ0) is 20.8. The summed E-state index contributed by atoms with van der Waals surface area (Å²) in [5.74, 6) is -0.774. The zero-order valence-electron chi connectivity index (χ0n) is 16.2. The number of imide groups is 1. The van der Waals surface area contributed by atoms with Gasteiger partial charge in [0.05, 0.1) is 17.9 Å². The molecule has 150 valence electrons. The molecule has 2 atom stereocenters. The molecule has 5 rings (SSSR count). The molecule has 30 heavy (non-hydrogen) atoms. The molecule has 2 aliphatic heterocycles. The summed E-state index contributed by atoms with van der Waals surface area (Å²) < 4.78 is 1.43.